The first-order valence-corrected chi connectivity index (χ1v) is 3.88. The standard InChI is InChI=1S/C8H17NO3/c1-6(2)8(3,11)7(10)9(4)12-5/h6,11H,1-5H3/t8-/m0/s1. The Morgan fingerprint density at radius 1 is 1.58 bits per heavy atom. The molecule has 0 fully saturated rings. The molecule has 1 amide bonds. The number of aliphatic hydroxyl groups is 1. The maximum atomic E-state index is 11.4. The summed E-state index contributed by atoms with van der Waals surface area (Å²) in [5.41, 5.74) is -1.36. The van der Waals surface area contributed by atoms with Crippen molar-refractivity contribution in [3.8, 4) is 0 Å². The Morgan fingerprint density at radius 3 is 2.25 bits per heavy atom. The van der Waals surface area contributed by atoms with Gasteiger partial charge in [-0.3, -0.25) is 9.63 Å². The van der Waals surface area contributed by atoms with Crippen molar-refractivity contribution in [1.82, 2.24) is 5.06 Å². The summed E-state index contributed by atoms with van der Waals surface area (Å²) >= 11 is 0. The van der Waals surface area contributed by atoms with Crippen LogP contribution in [0.1, 0.15) is 20.8 Å². The number of nitrogens with zero attached hydrogens (tertiary/aromatic N) is 1. The Morgan fingerprint density at radius 2 is 2.00 bits per heavy atom. The van der Waals surface area contributed by atoms with Crippen molar-refractivity contribution < 1.29 is 14.7 Å². The largest absolute Gasteiger partial charge is 0.380 e. The van der Waals surface area contributed by atoms with Gasteiger partial charge in [0, 0.05) is 7.05 Å². The molecule has 0 aromatic carbocycles. The zero-order valence-corrected chi connectivity index (χ0v) is 8.29. The molecule has 0 aliphatic carbocycles. The van der Waals surface area contributed by atoms with Gasteiger partial charge >= 0.3 is 0 Å². The normalized spacial score (nSPS) is 15.9. The first-order valence-electron chi connectivity index (χ1n) is 3.88. The van der Waals surface area contributed by atoms with E-state index < -0.39 is 11.5 Å². The summed E-state index contributed by atoms with van der Waals surface area (Å²) in [5, 5.41) is 10.7. The third-order valence-electron chi connectivity index (χ3n) is 2.12. The molecule has 0 heterocycles. The van der Waals surface area contributed by atoms with E-state index in [0.717, 1.165) is 5.06 Å². The lowest BCUT2D eigenvalue weighted by Gasteiger charge is -2.29. The Kier molecular flexibility index (Phi) is 3.67. The fraction of sp³-hybridized carbons (Fsp3) is 0.875. The van der Waals surface area contributed by atoms with Crippen molar-refractivity contribution in [2.24, 2.45) is 5.92 Å². The number of carbonyl (C=O) groups is 1. The number of likely N-dealkylation sites (N-methyl/N-ethyl adjacent to an activating group) is 1. The summed E-state index contributed by atoms with van der Waals surface area (Å²) in [6.45, 7) is 5.04. The number of hydrogen-bond acceptors (Lipinski definition) is 3. The third kappa shape index (κ3) is 2.19. The molecule has 72 valence electrons. The second-order valence-corrected chi connectivity index (χ2v) is 3.29. The molecule has 0 saturated carbocycles. The van der Waals surface area contributed by atoms with Gasteiger partial charge in [0.1, 0.15) is 5.60 Å². The van der Waals surface area contributed by atoms with Gasteiger partial charge in [0.05, 0.1) is 7.11 Å². The Bertz CT molecular complexity index is 166. The number of hydrogen-bond donors (Lipinski definition) is 1. The first kappa shape index (κ1) is 11.4. The van der Waals surface area contributed by atoms with Crippen LogP contribution in [-0.4, -0.2) is 35.8 Å². The van der Waals surface area contributed by atoms with E-state index in [4.69, 9.17) is 0 Å². The topological polar surface area (TPSA) is 49.8 Å². The van der Waals surface area contributed by atoms with Crippen LogP contribution in [0.5, 0.6) is 0 Å². The lowest BCUT2D eigenvalue weighted by Crippen LogP contribution is -2.48. The quantitative estimate of drug-likeness (QED) is 0.632. The average molecular weight is 175 g/mol. The zero-order chi connectivity index (χ0) is 9.94. The van der Waals surface area contributed by atoms with Crippen LogP contribution >= 0.6 is 0 Å². The molecule has 1 atom stereocenters. The van der Waals surface area contributed by atoms with Gasteiger partial charge in [-0.2, -0.15) is 0 Å². The van der Waals surface area contributed by atoms with Crippen molar-refractivity contribution in [2.75, 3.05) is 14.2 Å². The second-order valence-electron chi connectivity index (χ2n) is 3.29. The van der Waals surface area contributed by atoms with E-state index >= 15 is 0 Å². The van der Waals surface area contributed by atoms with E-state index in [-0.39, 0.29) is 5.92 Å². The summed E-state index contributed by atoms with van der Waals surface area (Å²) in [7, 11) is 2.85. The van der Waals surface area contributed by atoms with Gasteiger partial charge in [-0.05, 0) is 12.8 Å². The minimum absolute atomic E-state index is 0.136. The van der Waals surface area contributed by atoms with Gasteiger partial charge < -0.3 is 5.11 Å². The van der Waals surface area contributed by atoms with Gasteiger partial charge in [-0.25, -0.2) is 5.06 Å². The molecule has 12 heavy (non-hydrogen) atoms. The number of amides is 1. The molecule has 0 bridgehead atoms. The first-order chi connectivity index (χ1) is 5.34. The third-order valence-corrected chi connectivity index (χ3v) is 2.12. The molecule has 0 spiro atoms. The minimum Gasteiger partial charge on any atom is -0.380 e. The molecule has 0 radical (unpaired) electrons. The highest BCUT2D eigenvalue weighted by Crippen LogP contribution is 2.18. The van der Waals surface area contributed by atoms with E-state index in [2.05, 4.69) is 4.84 Å². The predicted octanol–water partition coefficient (Wildman–Crippen LogP) is 0.413. The van der Waals surface area contributed by atoms with Gasteiger partial charge in [0.25, 0.3) is 5.91 Å². The summed E-state index contributed by atoms with van der Waals surface area (Å²) in [4.78, 5) is 16.1. The van der Waals surface area contributed by atoms with E-state index in [0.29, 0.717) is 0 Å². The fourth-order valence-corrected chi connectivity index (χ4v) is 0.649. The van der Waals surface area contributed by atoms with Crippen LogP contribution in [0.3, 0.4) is 0 Å². The smallest absolute Gasteiger partial charge is 0.277 e. The van der Waals surface area contributed by atoms with Crippen molar-refractivity contribution in [1.29, 1.82) is 0 Å². The summed E-state index contributed by atoms with van der Waals surface area (Å²) in [6, 6.07) is 0. The van der Waals surface area contributed by atoms with Crippen molar-refractivity contribution in [2.45, 2.75) is 26.4 Å². The van der Waals surface area contributed by atoms with Crippen LogP contribution in [0, 0.1) is 5.92 Å². The van der Waals surface area contributed by atoms with Crippen LogP contribution in [0.15, 0.2) is 0 Å². The number of hydroxylamine groups is 2. The van der Waals surface area contributed by atoms with Gasteiger partial charge in [0.2, 0.25) is 0 Å². The fourth-order valence-electron chi connectivity index (χ4n) is 0.649. The Balaban J connectivity index is 4.46. The van der Waals surface area contributed by atoms with Crippen LogP contribution in [0.2, 0.25) is 0 Å². The Labute approximate surface area is 73.1 Å². The zero-order valence-electron chi connectivity index (χ0n) is 8.29. The maximum absolute atomic E-state index is 11.4. The molecule has 0 aromatic heterocycles. The maximum Gasteiger partial charge on any atom is 0.277 e. The summed E-state index contributed by atoms with van der Waals surface area (Å²) in [5.74, 6) is -0.567. The molecule has 0 aromatic rings. The monoisotopic (exact) mass is 175 g/mol. The molecule has 0 saturated heterocycles. The van der Waals surface area contributed by atoms with Crippen LogP contribution in [-0.2, 0) is 9.63 Å². The van der Waals surface area contributed by atoms with E-state index in [9.17, 15) is 9.90 Å². The highest BCUT2D eigenvalue weighted by molar-refractivity contribution is 5.83. The van der Waals surface area contributed by atoms with Crippen LogP contribution < -0.4 is 0 Å². The lowest BCUT2D eigenvalue weighted by atomic mass is 9.92. The average Bonchev–Trinajstić information content (AvgIpc) is 2.01. The lowest BCUT2D eigenvalue weighted by molar-refractivity contribution is -0.190. The molecule has 1 N–H and O–H groups in total. The molecule has 0 aliphatic rings. The highest BCUT2D eigenvalue weighted by atomic mass is 16.7. The molecular formula is C8H17NO3. The van der Waals surface area contributed by atoms with E-state index in [1.54, 1.807) is 13.8 Å². The second kappa shape index (κ2) is 3.87. The summed E-state index contributed by atoms with van der Waals surface area (Å²) < 4.78 is 0. The SMILES string of the molecule is CON(C)C(=O)[C@@](C)(O)C(C)C. The van der Waals surface area contributed by atoms with Crippen molar-refractivity contribution in [3.63, 3.8) is 0 Å². The molecule has 0 unspecified atom stereocenters. The van der Waals surface area contributed by atoms with E-state index in [1.807, 2.05) is 0 Å². The van der Waals surface area contributed by atoms with Crippen molar-refractivity contribution in [3.05, 3.63) is 0 Å². The highest BCUT2D eigenvalue weighted by Gasteiger charge is 2.36. The molecule has 0 aliphatic heterocycles. The Hall–Kier alpha value is -0.610. The number of carbonyl (C=O) groups excluding carboxylic acids is 1. The minimum atomic E-state index is -1.36. The number of rotatable bonds is 3. The molecular weight excluding hydrogens is 158 g/mol. The van der Waals surface area contributed by atoms with E-state index in [1.165, 1.54) is 21.1 Å². The van der Waals surface area contributed by atoms with Crippen LogP contribution in [0.4, 0.5) is 0 Å². The molecule has 0 rings (SSSR count). The molecule has 4 nitrogen and oxygen atoms in total. The van der Waals surface area contributed by atoms with Crippen LogP contribution in [0.25, 0.3) is 0 Å². The van der Waals surface area contributed by atoms with Gasteiger partial charge in [-0.1, -0.05) is 13.8 Å². The summed E-state index contributed by atoms with van der Waals surface area (Å²) in [6.07, 6.45) is 0. The predicted molar refractivity (Wildman–Crippen MR) is 45.2 cm³/mol. The van der Waals surface area contributed by atoms with Gasteiger partial charge in [-0.15, -0.1) is 0 Å². The van der Waals surface area contributed by atoms with Crippen molar-refractivity contribution >= 4 is 5.91 Å². The van der Waals surface area contributed by atoms with Gasteiger partial charge in [0.15, 0.2) is 0 Å². The molecule has 4 heteroatoms.